The molecule has 1 aliphatic heterocycles. The van der Waals surface area contributed by atoms with Gasteiger partial charge in [0, 0.05) is 5.56 Å². The summed E-state index contributed by atoms with van der Waals surface area (Å²) in [7, 11) is 0. The first-order valence-corrected chi connectivity index (χ1v) is 7.09. The summed E-state index contributed by atoms with van der Waals surface area (Å²) in [6.07, 6.45) is 1.38. The topological polar surface area (TPSA) is 21.3 Å². The minimum absolute atomic E-state index is 0.227. The molecule has 0 fully saturated rings. The van der Waals surface area contributed by atoms with Gasteiger partial charge in [0.1, 0.15) is 11.9 Å². The zero-order chi connectivity index (χ0) is 13.3. The molecule has 0 saturated heterocycles. The Balaban J connectivity index is 2.41. The van der Waals surface area contributed by atoms with Crippen LogP contribution in [-0.4, -0.2) is 12.6 Å². The summed E-state index contributed by atoms with van der Waals surface area (Å²) in [5.74, 6) is 1.64. The van der Waals surface area contributed by atoms with Crippen molar-refractivity contribution in [2.45, 2.75) is 59.1 Å². The smallest absolute Gasteiger partial charge is 0.128 e. The van der Waals surface area contributed by atoms with Gasteiger partial charge in [0.15, 0.2) is 0 Å². The molecule has 0 spiro atoms. The molecule has 0 amide bonds. The van der Waals surface area contributed by atoms with Crippen LogP contribution in [0.25, 0.3) is 0 Å². The predicted molar refractivity (Wildman–Crippen MR) is 76.4 cm³/mol. The van der Waals surface area contributed by atoms with E-state index in [0.717, 1.165) is 18.7 Å². The van der Waals surface area contributed by atoms with Gasteiger partial charge >= 0.3 is 0 Å². The molecule has 2 heteroatoms. The van der Waals surface area contributed by atoms with Gasteiger partial charge in [0.2, 0.25) is 0 Å². The van der Waals surface area contributed by atoms with Crippen molar-refractivity contribution in [3.05, 3.63) is 28.8 Å². The van der Waals surface area contributed by atoms with Gasteiger partial charge in [-0.25, -0.2) is 0 Å². The van der Waals surface area contributed by atoms with Crippen LogP contribution in [0.4, 0.5) is 0 Å². The standard InChI is InChI=1S/C16H25NO/c1-6-9-17-15-12(5)18-16-13(10(2)3)8-7-11(4)14(15)16/h7-8,10,12,15,17H,6,9H2,1-5H3. The van der Waals surface area contributed by atoms with Crippen molar-refractivity contribution in [3.8, 4) is 5.75 Å². The number of fused-ring (bicyclic) bond motifs is 1. The van der Waals surface area contributed by atoms with E-state index in [1.165, 1.54) is 16.7 Å². The molecule has 100 valence electrons. The van der Waals surface area contributed by atoms with Crippen LogP contribution in [-0.2, 0) is 0 Å². The van der Waals surface area contributed by atoms with Gasteiger partial charge in [-0.05, 0) is 43.9 Å². The number of hydrogen-bond donors (Lipinski definition) is 1. The quantitative estimate of drug-likeness (QED) is 0.870. The number of ether oxygens (including phenoxy) is 1. The SMILES string of the molecule is CCCNC1c2c(C)ccc(C(C)C)c2OC1C. The highest BCUT2D eigenvalue weighted by atomic mass is 16.5. The van der Waals surface area contributed by atoms with Crippen LogP contribution in [0.3, 0.4) is 0 Å². The second-order valence-electron chi connectivity index (χ2n) is 5.62. The molecule has 0 aromatic heterocycles. The maximum atomic E-state index is 6.13. The van der Waals surface area contributed by atoms with E-state index in [1.54, 1.807) is 0 Å². The third kappa shape index (κ3) is 2.26. The number of hydrogen-bond acceptors (Lipinski definition) is 2. The fourth-order valence-electron chi connectivity index (χ4n) is 2.74. The molecule has 2 atom stereocenters. The highest BCUT2D eigenvalue weighted by Crippen LogP contribution is 2.43. The molecule has 2 rings (SSSR count). The third-order valence-corrected chi connectivity index (χ3v) is 3.76. The molecule has 1 aromatic carbocycles. The fourth-order valence-corrected chi connectivity index (χ4v) is 2.74. The lowest BCUT2D eigenvalue weighted by atomic mass is 9.93. The van der Waals surface area contributed by atoms with E-state index in [0.29, 0.717) is 12.0 Å². The number of benzene rings is 1. The maximum Gasteiger partial charge on any atom is 0.128 e. The molecule has 18 heavy (non-hydrogen) atoms. The van der Waals surface area contributed by atoms with E-state index in [-0.39, 0.29) is 6.10 Å². The van der Waals surface area contributed by atoms with E-state index in [1.807, 2.05) is 0 Å². The Labute approximate surface area is 111 Å². The van der Waals surface area contributed by atoms with E-state index < -0.39 is 0 Å². The summed E-state index contributed by atoms with van der Waals surface area (Å²) in [4.78, 5) is 0. The predicted octanol–water partition coefficient (Wildman–Crippen LogP) is 3.94. The second-order valence-corrected chi connectivity index (χ2v) is 5.62. The fraction of sp³-hybridized carbons (Fsp3) is 0.625. The summed E-state index contributed by atoms with van der Waals surface area (Å²) >= 11 is 0. The number of nitrogens with one attached hydrogen (secondary N) is 1. The Morgan fingerprint density at radius 2 is 2.06 bits per heavy atom. The van der Waals surface area contributed by atoms with Crippen LogP contribution in [0.1, 0.15) is 62.8 Å². The Morgan fingerprint density at radius 3 is 2.67 bits per heavy atom. The minimum atomic E-state index is 0.227. The summed E-state index contributed by atoms with van der Waals surface area (Å²) in [6.45, 7) is 12.0. The van der Waals surface area contributed by atoms with E-state index in [9.17, 15) is 0 Å². The third-order valence-electron chi connectivity index (χ3n) is 3.76. The first-order valence-electron chi connectivity index (χ1n) is 7.09. The lowest BCUT2D eigenvalue weighted by Gasteiger charge is -2.17. The van der Waals surface area contributed by atoms with Crippen LogP contribution < -0.4 is 10.1 Å². The highest BCUT2D eigenvalue weighted by Gasteiger charge is 2.34. The average Bonchev–Trinajstić information content (AvgIpc) is 2.64. The van der Waals surface area contributed by atoms with Crippen molar-refractivity contribution in [1.29, 1.82) is 0 Å². The Morgan fingerprint density at radius 1 is 1.33 bits per heavy atom. The lowest BCUT2D eigenvalue weighted by Crippen LogP contribution is -2.29. The average molecular weight is 247 g/mol. The van der Waals surface area contributed by atoms with Crippen molar-refractivity contribution < 1.29 is 4.74 Å². The summed E-state index contributed by atoms with van der Waals surface area (Å²) in [5, 5.41) is 3.62. The van der Waals surface area contributed by atoms with E-state index in [2.05, 4.69) is 52.1 Å². The zero-order valence-corrected chi connectivity index (χ0v) is 12.2. The molecular formula is C16H25NO. The molecule has 1 aliphatic rings. The summed E-state index contributed by atoms with van der Waals surface area (Å²) in [6, 6.07) is 4.79. The van der Waals surface area contributed by atoms with E-state index in [4.69, 9.17) is 4.74 Å². The molecule has 0 radical (unpaired) electrons. The van der Waals surface area contributed by atoms with E-state index >= 15 is 0 Å². The second kappa shape index (κ2) is 5.31. The monoisotopic (exact) mass is 247 g/mol. The normalized spacial score (nSPS) is 22.1. The minimum Gasteiger partial charge on any atom is -0.488 e. The van der Waals surface area contributed by atoms with Gasteiger partial charge in [-0.3, -0.25) is 0 Å². The van der Waals surface area contributed by atoms with Gasteiger partial charge in [0.05, 0.1) is 6.04 Å². The molecule has 2 unspecified atom stereocenters. The summed E-state index contributed by atoms with van der Waals surface area (Å²) < 4.78 is 6.13. The molecular weight excluding hydrogens is 222 g/mol. The lowest BCUT2D eigenvalue weighted by molar-refractivity contribution is 0.208. The van der Waals surface area contributed by atoms with Crippen LogP contribution in [0.15, 0.2) is 12.1 Å². The van der Waals surface area contributed by atoms with Crippen LogP contribution in [0.2, 0.25) is 0 Å². The Hall–Kier alpha value is -1.02. The van der Waals surface area contributed by atoms with Gasteiger partial charge in [0.25, 0.3) is 0 Å². The Bertz CT molecular complexity index is 425. The zero-order valence-electron chi connectivity index (χ0n) is 12.2. The molecule has 1 heterocycles. The van der Waals surface area contributed by atoms with Crippen molar-refractivity contribution in [2.75, 3.05) is 6.54 Å². The van der Waals surface area contributed by atoms with Crippen molar-refractivity contribution in [2.24, 2.45) is 0 Å². The van der Waals surface area contributed by atoms with Gasteiger partial charge in [-0.2, -0.15) is 0 Å². The maximum absolute atomic E-state index is 6.13. The van der Waals surface area contributed by atoms with Crippen LogP contribution >= 0.6 is 0 Å². The van der Waals surface area contributed by atoms with Gasteiger partial charge in [-0.15, -0.1) is 0 Å². The molecule has 1 N–H and O–H groups in total. The van der Waals surface area contributed by atoms with Crippen LogP contribution in [0, 0.1) is 6.92 Å². The molecule has 0 saturated carbocycles. The largest absolute Gasteiger partial charge is 0.488 e. The highest BCUT2D eigenvalue weighted by molar-refractivity contribution is 5.52. The van der Waals surface area contributed by atoms with Gasteiger partial charge < -0.3 is 10.1 Å². The van der Waals surface area contributed by atoms with Crippen LogP contribution in [0.5, 0.6) is 5.75 Å². The first-order chi connectivity index (χ1) is 8.56. The summed E-state index contributed by atoms with van der Waals surface area (Å²) in [5.41, 5.74) is 4.05. The molecule has 0 bridgehead atoms. The number of aryl methyl sites for hydroxylation is 1. The molecule has 1 aromatic rings. The van der Waals surface area contributed by atoms with Crippen molar-refractivity contribution in [3.63, 3.8) is 0 Å². The van der Waals surface area contributed by atoms with Crippen molar-refractivity contribution >= 4 is 0 Å². The Kier molecular flexibility index (Phi) is 3.96. The molecule has 0 aliphatic carbocycles. The van der Waals surface area contributed by atoms with Gasteiger partial charge in [-0.1, -0.05) is 32.9 Å². The number of rotatable bonds is 4. The first kappa shape index (κ1) is 13.4. The molecule has 2 nitrogen and oxygen atoms in total. The van der Waals surface area contributed by atoms with Crippen molar-refractivity contribution in [1.82, 2.24) is 5.32 Å².